The monoisotopic (exact) mass is 443 g/mol. The quantitative estimate of drug-likeness (QED) is 0.541. The van der Waals surface area contributed by atoms with Gasteiger partial charge in [0, 0.05) is 0 Å². The summed E-state index contributed by atoms with van der Waals surface area (Å²) in [4.78, 5) is 32.8. The van der Waals surface area contributed by atoms with E-state index in [1.54, 1.807) is 0 Å². The van der Waals surface area contributed by atoms with Gasteiger partial charge in [0.15, 0.2) is 0 Å². The first-order valence-corrected chi connectivity index (χ1v) is 10.9. The molecule has 1 aliphatic carbocycles. The Morgan fingerprint density at radius 1 is 0.727 bits per heavy atom. The van der Waals surface area contributed by atoms with Crippen molar-refractivity contribution in [3.05, 3.63) is 102 Å². The van der Waals surface area contributed by atoms with Gasteiger partial charge in [-0.3, -0.25) is 14.4 Å². The van der Waals surface area contributed by atoms with Crippen LogP contribution in [0.1, 0.15) is 23.3 Å². The molecule has 0 radical (unpaired) electrons. The van der Waals surface area contributed by atoms with Gasteiger partial charge < -0.3 is 9.47 Å². The second-order valence-electron chi connectivity index (χ2n) is 8.37. The van der Waals surface area contributed by atoms with E-state index in [4.69, 9.17) is 14.3 Å². The van der Waals surface area contributed by atoms with Crippen LogP contribution >= 0.6 is 0 Å². The number of anilines is 1. The molecule has 3 aromatic carbocycles. The smallest absolute Gasteiger partial charge is 0.310 e. The van der Waals surface area contributed by atoms with Crippen LogP contribution in [0.25, 0.3) is 0 Å². The van der Waals surface area contributed by atoms with Crippen molar-refractivity contribution >= 4 is 17.6 Å². The van der Waals surface area contributed by atoms with Gasteiger partial charge in [-0.2, -0.15) is 0 Å². The molecule has 4 atom stereocenters. The molecule has 3 aromatic rings. The molecule has 1 saturated carbocycles. The summed E-state index contributed by atoms with van der Waals surface area (Å²) < 4.78 is 10.3. The zero-order valence-corrected chi connectivity index (χ0v) is 18.5. The zero-order valence-electron chi connectivity index (χ0n) is 18.5. The fourth-order valence-corrected chi connectivity index (χ4v) is 5.46. The molecule has 2 aliphatic rings. The maximum absolute atomic E-state index is 13.1. The number of hydrogen-bond donors (Lipinski definition) is 0. The van der Waals surface area contributed by atoms with E-state index < -0.39 is 41.3 Å². The second-order valence-corrected chi connectivity index (χ2v) is 8.37. The molecule has 2 fully saturated rings. The maximum atomic E-state index is 13.1. The van der Waals surface area contributed by atoms with Crippen molar-refractivity contribution < 1.29 is 23.9 Å². The lowest BCUT2D eigenvalue weighted by atomic mass is 9.80. The average molecular weight is 443 g/mol. The first-order chi connectivity index (χ1) is 16.1. The minimum atomic E-state index is -0.904. The molecule has 1 aliphatic heterocycles. The standard InChI is InChI=1S/C27H25NO5/c1-31-25(29)21-22(26(30)32-2)27(21)23(18-12-6-3-7-13-18)28(20-16-10-5-11-17-20)33-24(27)19-14-8-4-9-15-19/h3-17,21-24H,1-2H3. The van der Waals surface area contributed by atoms with Crippen molar-refractivity contribution in [2.24, 2.45) is 17.3 Å². The van der Waals surface area contributed by atoms with E-state index >= 15 is 0 Å². The molecule has 6 heteroatoms. The molecule has 0 amide bonds. The van der Waals surface area contributed by atoms with E-state index in [2.05, 4.69) is 0 Å². The number of hydrogen-bond acceptors (Lipinski definition) is 6. The van der Waals surface area contributed by atoms with Gasteiger partial charge in [-0.25, -0.2) is 5.06 Å². The largest absolute Gasteiger partial charge is 0.469 e. The number of ether oxygens (including phenoxy) is 2. The predicted molar refractivity (Wildman–Crippen MR) is 122 cm³/mol. The van der Waals surface area contributed by atoms with Gasteiger partial charge in [-0.05, 0) is 23.3 Å². The van der Waals surface area contributed by atoms with Crippen molar-refractivity contribution in [2.75, 3.05) is 19.3 Å². The van der Waals surface area contributed by atoms with Crippen LogP contribution in [0.3, 0.4) is 0 Å². The summed E-state index contributed by atoms with van der Waals surface area (Å²) in [5.41, 5.74) is 1.76. The van der Waals surface area contributed by atoms with Crippen molar-refractivity contribution in [2.45, 2.75) is 12.1 Å². The van der Waals surface area contributed by atoms with Gasteiger partial charge in [0.05, 0.1) is 43.2 Å². The Bertz CT molecular complexity index is 1110. The predicted octanol–water partition coefficient (Wildman–Crippen LogP) is 4.50. The molecule has 5 rings (SSSR count). The third-order valence-electron chi connectivity index (χ3n) is 6.82. The molecule has 1 heterocycles. The summed E-state index contributed by atoms with van der Waals surface area (Å²) in [7, 11) is 2.70. The van der Waals surface area contributed by atoms with Crippen LogP contribution in [0.4, 0.5) is 5.69 Å². The van der Waals surface area contributed by atoms with Crippen LogP contribution in [-0.4, -0.2) is 26.2 Å². The first-order valence-electron chi connectivity index (χ1n) is 10.9. The molecule has 1 saturated heterocycles. The van der Waals surface area contributed by atoms with Gasteiger partial charge in [-0.1, -0.05) is 78.9 Å². The number of methoxy groups -OCH3 is 2. The van der Waals surface area contributed by atoms with Gasteiger partial charge in [-0.15, -0.1) is 0 Å². The second kappa shape index (κ2) is 8.37. The summed E-state index contributed by atoms with van der Waals surface area (Å²) in [5.74, 6) is -2.30. The molecular weight excluding hydrogens is 418 g/mol. The minimum Gasteiger partial charge on any atom is -0.469 e. The Balaban J connectivity index is 1.76. The van der Waals surface area contributed by atoms with E-state index in [1.807, 2.05) is 96.1 Å². The Kier molecular flexibility index (Phi) is 5.38. The van der Waals surface area contributed by atoms with E-state index in [0.29, 0.717) is 0 Å². The van der Waals surface area contributed by atoms with Gasteiger partial charge in [0.2, 0.25) is 0 Å². The van der Waals surface area contributed by atoms with Crippen LogP contribution in [0, 0.1) is 17.3 Å². The Morgan fingerprint density at radius 3 is 1.67 bits per heavy atom. The van der Waals surface area contributed by atoms with Crippen molar-refractivity contribution in [3.8, 4) is 0 Å². The Hall–Kier alpha value is -3.64. The summed E-state index contributed by atoms with van der Waals surface area (Å²) in [5, 5.41) is 1.84. The number of carbonyl (C=O) groups is 2. The van der Waals surface area contributed by atoms with Crippen molar-refractivity contribution in [3.63, 3.8) is 0 Å². The minimum absolute atomic E-state index is 0.417. The molecule has 168 valence electrons. The van der Waals surface area contributed by atoms with E-state index in [0.717, 1.165) is 16.8 Å². The van der Waals surface area contributed by atoms with Crippen LogP contribution < -0.4 is 5.06 Å². The molecule has 0 bridgehead atoms. The fourth-order valence-electron chi connectivity index (χ4n) is 5.46. The SMILES string of the molecule is COC(=O)C1C(C(=O)OC)C12C(c1ccccc1)ON(c1ccccc1)C2c1ccccc1. The van der Waals surface area contributed by atoms with E-state index in [1.165, 1.54) is 14.2 Å². The van der Waals surface area contributed by atoms with Gasteiger partial charge >= 0.3 is 11.9 Å². The third-order valence-corrected chi connectivity index (χ3v) is 6.82. The molecule has 6 nitrogen and oxygen atoms in total. The number of benzene rings is 3. The summed E-state index contributed by atoms with van der Waals surface area (Å²) in [6, 6.07) is 28.9. The number of nitrogens with zero attached hydrogens (tertiary/aromatic N) is 1. The Labute approximate surface area is 192 Å². The Morgan fingerprint density at radius 2 is 1.18 bits per heavy atom. The van der Waals surface area contributed by atoms with Crippen LogP contribution in [-0.2, 0) is 23.9 Å². The molecular formula is C27H25NO5. The van der Waals surface area contributed by atoms with Crippen molar-refractivity contribution in [1.29, 1.82) is 0 Å². The lowest BCUT2D eigenvalue weighted by molar-refractivity contribution is -0.148. The van der Waals surface area contributed by atoms with Gasteiger partial charge in [0.25, 0.3) is 0 Å². The number of esters is 2. The van der Waals surface area contributed by atoms with Crippen LogP contribution in [0.2, 0.25) is 0 Å². The molecule has 33 heavy (non-hydrogen) atoms. The van der Waals surface area contributed by atoms with Crippen LogP contribution in [0.5, 0.6) is 0 Å². The molecule has 1 spiro atoms. The lowest BCUT2D eigenvalue weighted by Crippen LogP contribution is -2.28. The first kappa shape index (κ1) is 21.2. The lowest BCUT2D eigenvalue weighted by Gasteiger charge is -2.28. The summed E-state index contributed by atoms with van der Waals surface area (Å²) in [6.07, 6.45) is -0.558. The molecule has 4 unspecified atom stereocenters. The fraction of sp³-hybridized carbons (Fsp3) is 0.259. The summed E-state index contributed by atoms with van der Waals surface area (Å²) in [6.45, 7) is 0. The topological polar surface area (TPSA) is 65.1 Å². The highest BCUT2D eigenvalue weighted by Gasteiger charge is 2.83. The third kappa shape index (κ3) is 3.21. The van der Waals surface area contributed by atoms with Crippen molar-refractivity contribution in [1.82, 2.24) is 0 Å². The maximum Gasteiger partial charge on any atom is 0.310 e. The highest BCUT2D eigenvalue weighted by Crippen LogP contribution is 2.77. The average Bonchev–Trinajstić information content (AvgIpc) is 3.43. The number of para-hydroxylation sites is 1. The number of carbonyl (C=O) groups excluding carboxylic acids is 2. The number of rotatable bonds is 5. The summed E-state index contributed by atoms with van der Waals surface area (Å²) >= 11 is 0. The van der Waals surface area contributed by atoms with E-state index in [-0.39, 0.29) is 0 Å². The molecule has 0 aromatic heterocycles. The normalized spacial score (nSPS) is 27.9. The van der Waals surface area contributed by atoms with E-state index in [9.17, 15) is 9.59 Å². The highest BCUT2D eigenvalue weighted by atomic mass is 16.7. The van der Waals surface area contributed by atoms with Crippen LogP contribution in [0.15, 0.2) is 91.0 Å². The highest BCUT2D eigenvalue weighted by molar-refractivity contribution is 5.91. The number of hydroxylamine groups is 1. The zero-order chi connectivity index (χ0) is 23.0. The van der Waals surface area contributed by atoms with Gasteiger partial charge in [0.1, 0.15) is 6.10 Å². The molecule has 0 N–H and O–H groups in total.